The second kappa shape index (κ2) is 10.3. The Hall–Kier alpha value is -4.44. The predicted molar refractivity (Wildman–Crippen MR) is 137 cm³/mol. The normalized spacial score (nSPS) is 21.0. The molecule has 2 aromatic heterocycles. The Morgan fingerprint density at radius 1 is 1.11 bits per heavy atom. The van der Waals surface area contributed by atoms with E-state index in [-0.39, 0.29) is 18.9 Å². The average molecular weight is 522 g/mol. The van der Waals surface area contributed by atoms with E-state index in [1.54, 1.807) is 72.9 Å². The summed E-state index contributed by atoms with van der Waals surface area (Å²) in [5.74, 6) is -4.53. The molecule has 0 spiro atoms. The van der Waals surface area contributed by atoms with Gasteiger partial charge < -0.3 is 15.2 Å². The maximum absolute atomic E-state index is 13.5. The molecule has 2 heterocycles. The first-order chi connectivity index (χ1) is 18.6. The fraction of sp³-hybridized carbons (Fsp3) is 0.192. The molecular formula is C26H22ClN5O5. The van der Waals surface area contributed by atoms with Crippen LogP contribution in [0.15, 0.2) is 82.5 Å². The van der Waals surface area contributed by atoms with Crippen molar-refractivity contribution in [3.05, 3.63) is 104 Å². The number of carbonyl (C=O) groups is 1. The molecule has 2 aromatic carbocycles. The van der Waals surface area contributed by atoms with Crippen molar-refractivity contribution < 1.29 is 17.4 Å². The molecule has 0 aliphatic heterocycles. The summed E-state index contributed by atoms with van der Waals surface area (Å²) in [5.41, 5.74) is -0.569. The van der Waals surface area contributed by atoms with E-state index in [1.165, 1.54) is 4.57 Å². The van der Waals surface area contributed by atoms with Crippen LogP contribution >= 0.6 is 11.6 Å². The summed E-state index contributed by atoms with van der Waals surface area (Å²) in [6, 6.07) is 18.7. The molecule has 0 unspecified atom stereocenters. The number of aliphatic carboxylic acids is 1. The van der Waals surface area contributed by atoms with Gasteiger partial charge in [-0.15, -0.1) is 0 Å². The molecule has 0 amide bonds. The van der Waals surface area contributed by atoms with Crippen molar-refractivity contribution >= 4 is 29.2 Å². The molecule has 11 heteroatoms. The van der Waals surface area contributed by atoms with Crippen LogP contribution in [-0.2, 0) is 17.9 Å². The van der Waals surface area contributed by atoms with E-state index < -0.39 is 35.7 Å². The Morgan fingerprint density at radius 3 is 2.51 bits per heavy atom. The molecule has 1 saturated carbocycles. The van der Waals surface area contributed by atoms with Gasteiger partial charge >= 0.3 is 17.3 Å². The maximum Gasteiger partial charge on any atom is 0.354 e. The quantitative estimate of drug-likeness (QED) is 0.341. The first kappa shape index (κ1) is 21.8. The molecule has 2 atom stereocenters. The molecule has 1 fully saturated rings. The molecular weight excluding hydrogens is 498 g/mol. The van der Waals surface area contributed by atoms with Crippen LogP contribution in [0.1, 0.15) is 14.7 Å². The van der Waals surface area contributed by atoms with Crippen LogP contribution in [0, 0.1) is 11.8 Å². The second-order valence-electron chi connectivity index (χ2n) is 8.28. The number of nitrogens with zero attached hydrogens (tertiary/aromatic N) is 4. The first-order valence-corrected chi connectivity index (χ1v) is 11.6. The lowest BCUT2D eigenvalue weighted by molar-refractivity contribution is -0.138. The Labute approximate surface area is 218 Å². The standard InChI is InChI=1S/C26H22ClN5O5/c27-18-6-4-16(5-7-18)14-31-24(30-25(35)32(26(31)36)15-17-13-21(17)23(33)34)29-19-8-10-20(11-9-19)37-22-3-1-2-12-28-22/h1-12,17,21H,13-15H2,(H,33,34)(H,29,30,35)/t17-,21+/m0/s1/i17D,21D. The molecule has 1 aliphatic rings. The number of ether oxygens (including phenoxy) is 1. The largest absolute Gasteiger partial charge is 0.481 e. The highest BCUT2D eigenvalue weighted by atomic mass is 35.5. The van der Waals surface area contributed by atoms with E-state index in [9.17, 15) is 19.5 Å². The molecule has 0 bridgehead atoms. The van der Waals surface area contributed by atoms with Crippen LogP contribution in [-0.4, -0.2) is 30.2 Å². The van der Waals surface area contributed by atoms with Crippen molar-refractivity contribution in [2.24, 2.45) is 11.8 Å². The van der Waals surface area contributed by atoms with Gasteiger partial charge in [0.2, 0.25) is 11.8 Å². The number of hydrogen-bond acceptors (Lipinski definition) is 7. The summed E-state index contributed by atoms with van der Waals surface area (Å²) < 4.78 is 24.0. The summed E-state index contributed by atoms with van der Waals surface area (Å²) in [6.07, 6.45) is 1.29. The molecule has 5 rings (SSSR count). The van der Waals surface area contributed by atoms with Gasteiger partial charge in [0, 0.05) is 32.3 Å². The summed E-state index contributed by atoms with van der Waals surface area (Å²) in [5, 5.41) is 12.8. The van der Waals surface area contributed by atoms with Gasteiger partial charge in [-0.2, -0.15) is 4.98 Å². The number of nitrogens with one attached hydrogen (secondary N) is 1. The van der Waals surface area contributed by atoms with E-state index in [2.05, 4.69) is 15.3 Å². The molecule has 37 heavy (non-hydrogen) atoms. The minimum Gasteiger partial charge on any atom is -0.481 e. The van der Waals surface area contributed by atoms with E-state index in [0.717, 1.165) is 0 Å². The van der Waals surface area contributed by atoms with E-state index in [0.29, 0.717) is 32.5 Å². The number of anilines is 2. The highest BCUT2D eigenvalue weighted by Crippen LogP contribution is 2.39. The van der Waals surface area contributed by atoms with Crippen LogP contribution in [0.3, 0.4) is 0 Å². The molecule has 188 valence electrons. The van der Waals surface area contributed by atoms with Crippen molar-refractivity contribution in [2.45, 2.75) is 19.5 Å². The highest BCUT2D eigenvalue weighted by Gasteiger charge is 2.43. The van der Waals surface area contributed by atoms with Crippen LogP contribution in [0.25, 0.3) is 0 Å². The van der Waals surface area contributed by atoms with Crippen LogP contribution < -0.4 is 21.4 Å². The summed E-state index contributed by atoms with van der Waals surface area (Å²) in [6.45, 7) is -0.573. The van der Waals surface area contributed by atoms with Crippen LogP contribution in [0.5, 0.6) is 11.6 Å². The van der Waals surface area contributed by atoms with Crippen LogP contribution in [0.4, 0.5) is 11.6 Å². The van der Waals surface area contributed by atoms with Crippen molar-refractivity contribution in [1.29, 1.82) is 0 Å². The fourth-order valence-electron chi connectivity index (χ4n) is 3.68. The third-order valence-corrected chi connectivity index (χ3v) is 5.93. The highest BCUT2D eigenvalue weighted by molar-refractivity contribution is 6.30. The number of carboxylic acids is 1. The van der Waals surface area contributed by atoms with Crippen molar-refractivity contribution in [2.75, 3.05) is 5.32 Å². The van der Waals surface area contributed by atoms with Gasteiger partial charge in [0.1, 0.15) is 5.75 Å². The van der Waals surface area contributed by atoms with E-state index in [4.69, 9.17) is 19.1 Å². The Bertz CT molecular complexity index is 1650. The smallest absolute Gasteiger partial charge is 0.354 e. The lowest BCUT2D eigenvalue weighted by atomic mass is 10.2. The zero-order chi connectivity index (χ0) is 27.8. The molecule has 0 saturated heterocycles. The monoisotopic (exact) mass is 521 g/mol. The summed E-state index contributed by atoms with van der Waals surface area (Å²) >= 11 is 5.99. The zero-order valence-corrected chi connectivity index (χ0v) is 20.1. The van der Waals surface area contributed by atoms with Crippen molar-refractivity contribution in [1.82, 2.24) is 19.1 Å². The number of halogens is 1. The van der Waals surface area contributed by atoms with Gasteiger partial charge in [-0.3, -0.25) is 9.36 Å². The summed E-state index contributed by atoms with van der Waals surface area (Å²) in [7, 11) is 0. The first-order valence-electron chi connectivity index (χ1n) is 12.2. The van der Waals surface area contributed by atoms with Crippen LogP contribution in [0.2, 0.25) is 5.02 Å². The third kappa shape index (κ3) is 5.70. The van der Waals surface area contributed by atoms with Crippen molar-refractivity contribution in [3.63, 3.8) is 0 Å². The van der Waals surface area contributed by atoms with Crippen molar-refractivity contribution in [3.8, 4) is 11.6 Å². The zero-order valence-electron chi connectivity index (χ0n) is 21.3. The minimum atomic E-state index is -2.10. The predicted octanol–water partition coefficient (Wildman–Crippen LogP) is 3.76. The minimum absolute atomic E-state index is 0.00242. The Morgan fingerprint density at radius 2 is 1.86 bits per heavy atom. The number of rotatable bonds is 9. The third-order valence-electron chi connectivity index (χ3n) is 5.67. The number of hydrogen-bond donors (Lipinski definition) is 2. The number of aromatic nitrogens is 4. The number of carboxylic acid groups (broad SMARTS) is 1. The molecule has 2 N–H and O–H groups in total. The molecule has 10 nitrogen and oxygen atoms in total. The fourth-order valence-corrected chi connectivity index (χ4v) is 3.80. The van der Waals surface area contributed by atoms with Gasteiger partial charge in [-0.1, -0.05) is 29.8 Å². The Kier molecular flexibility index (Phi) is 6.06. The van der Waals surface area contributed by atoms with Gasteiger partial charge in [-0.25, -0.2) is 19.1 Å². The van der Waals surface area contributed by atoms with Gasteiger partial charge in [0.15, 0.2) is 0 Å². The Balaban J connectivity index is 1.47. The number of pyridine rings is 1. The molecule has 4 aromatic rings. The second-order valence-corrected chi connectivity index (χ2v) is 8.72. The van der Waals surface area contributed by atoms with E-state index in [1.807, 2.05) is 0 Å². The van der Waals surface area contributed by atoms with E-state index >= 15 is 0 Å². The van der Waals surface area contributed by atoms with Gasteiger partial charge in [0.25, 0.3) is 0 Å². The molecule has 1 aliphatic carbocycles. The topological polar surface area (TPSA) is 128 Å². The van der Waals surface area contributed by atoms with Gasteiger partial charge in [0.05, 0.1) is 12.4 Å². The SMILES string of the molecule is [2H][C@@]1(Cn2c(=O)nc(Nc3ccc(Oc4ccccn4)cc3)n(Cc3ccc(Cl)cc3)c2=O)C[C@@]1([2H])C(=O)O. The maximum atomic E-state index is 13.5. The lowest BCUT2D eigenvalue weighted by Crippen LogP contribution is -2.43. The lowest BCUT2D eigenvalue weighted by Gasteiger charge is -2.16. The average Bonchev–Trinajstić information content (AvgIpc) is 3.49. The number of benzene rings is 2. The van der Waals surface area contributed by atoms with Gasteiger partial charge in [-0.05, 0) is 60.3 Å². The summed E-state index contributed by atoms with van der Waals surface area (Å²) in [4.78, 5) is 46.0. The molecule has 0 radical (unpaired) electrons.